The lowest BCUT2D eigenvalue weighted by Gasteiger charge is -2.06. The minimum Gasteiger partial charge on any atom is -0.441 e. The van der Waals surface area contributed by atoms with Crippen molar-refractivity contribution in [2.45, 2.75) is 24.9 Å². The number of aliphatic hydroxyl groups is 1. The van der Waals surface area contributed by atoms with Gasteiger partial charge in [0.05, 0.1) is 6.20 Å². The van der Waals surface area contributed by atoms with E-state index in [4.69, 9.17) is 10.2 Å². The molecule has 5 nitrogen and oxygen atoms in total. The lowest BCUT2D eigenvalue weighted by molar-refractivity contribution is -0.128. The summed E-state index contributed by atoms with van der Waals surface area (Å²) < 4.78 is 5.43. The number of benzene rings is 1. The Morgan fingerprint density at radius 1 is 1.47 bits per heavy atom. The van der Waals surface area contributed by atoms with Gasteiger partial charge in [0.1, 0.15) is 0 Å². The summed E-state index contributed by atoms with van der Waals surface area (Å²) >= 11 is 0. The monoisotopic (exact) mass is 258 g/mol. The molecule has 0 spiro atoms. The van der Waals surface area contributed by atoms with Crippen LogP contribution in [0.2, 0.25) is 0 Å². The van der Waals surface area contributed by atoms with Crippen LogP contribution in [0.25, 0.3) is 11.3 Å². The van der Waals surface area contributed by atoms with Crippen molar-refractivity contribution in [3.05, 3.63) is 41.9 Å². The summed E-state index contributed by atoms with van der Waals surface area (Å²) in [5.41, 5.74) is 5.61. The maximum Gasteiger partial charge on any atom is 0.250 e. The minimum atomic E-state index is -1.37. The molecule has 98 valence electrons. The van der Waals surface area contributed by atoms with E-state index in [1.54, 1.807) is 13.1 Å². The smallest absolute Gasteiger partial charge is 0.250 e. The fraction of sp³-hybridized carbons (Fsp3) is 0.286. The van der Waals surface area contributed by atoms with E-state index in [0.29, 0.717) is 18.1 Å². The number of aryl methyl sites for hydroxylation is 1. The molecule has 2 atom stereocenters. The molecule has 2 unspecified atom stereocenters. The molecule has 1 fully saturated rings. The van der Waals surface area contributed by atoms with Crippen LogP contribution in [0.1, 0.15) is 23.8 Å². The molecule has 5 heteroatoms. The second-order valence-electron chi connectivity index (χ2n) is 4.91. The zero-order chi connectivity index (χ0) is 13.6. The van der Waals surface area contributed by atoms with Gasteiger partial charge in [-0.05, 0) is 12.0 Å². The van der Waals surface area contributed by atoms with E-state index in [1.807, 2.05) is 24.3 Å². The number of oxazole rings is 1. The first-order valence-electron chi connectivity index (χ1n) is 6.06. The van der Waals surface area contributed by atoms with Gasteiger partial charge >= 0.3 is 0 Å². The Hall–Kier alpha value is -2.14. The summed E-state index contributed by atoms with van der Waals surface area (Å²) in [6.07, 6.45) is 2.06. The van der Waals surface area contributed by atoms with Crippen molar-refractivity contribution in [2.24, 2.45) is 5.73 Å². The molecular formula is C14H14N2O3. The molecule has 19 heavy (non-hydrogen) atoms. The number of hydrogen-bond acceptors (Lipinski definition) is 4. The standard InChI is InChI=1S/C14H14N2O3/c1-8-16-7-12(19-8)10-4-2-9(3-5-10)11-6-14(11,18)13(15)17/h2-5,7,11,18H,6H2,1H3,(H2,15,17). The van der Waals surface area contributed by atoms with E-state index in [0.717, 1.165) is 11.1 Å². The summed E-state index contributed by atoms with van der Waals surface area (Å²) in [4.78, 5) is 15.1. The zero-order valence-electron chi connectivity index (χ0n) is 10.5. The van der Waals surface area contributed by atoms with Gasteiger partial charge < -0.3 is 15.3 Å². The van der Waals surface area contributed by atoms with E-state index in [1.165, 1.54) is 0 Å². The molecule has 1 aromatic heterocycles. The van der Waals surface area contributed by atoms with Crippen molar-refractivity contribution in [1.29, 1.82) is 0 Å². The SMILES string of the molecule is Cc1ncc(-c2ccc(C3CC3(O)C(N)=O)cc2)o1. The first-order valence-corrected chi connectivity index (χ1v) is 6.06. The lowest BCUT2D eigenvalue weighted by Crippen LogP contribution is -2.31. The van der Waals surface area contributed by atoms with Crippen LogP contribution >= 0.6 is 0 Å². The average Bonchev–Trinajstić information content (AvgIpc) is 2.91. The number of nitrogens with zero attached hydrogens (tertiary/aromatic N) is 1. The van der Waals surface area contributed by atoms with Gasteiger partial charge in [-0.1, -0.05) is 24.3 Å². The highest BCUT2D eigenvalue weighted by Crippen LogP contribution is 2.51. The van der Waals surface area contributed by atoms with Gasteiger partial charge in [-0.25, -0.2) is 4.98 Å². The molecule has 0 aliphatic heterocycles. The van der Waals surface area contributed by atoms with Crippen molar-refractivity contribution >= 4 is 5.91 Å². The third kappa shape index (κ3) is 1.92. The van der Waals surface area contributed by atoms with Gasteiger partial charge in [-0.3, -0.25) is 4.79 Å². The molecule has 0 radical (unpaired) electrons. The van der Waals surface area contributed by atoms with Crippen LogP contribution in [-0.4, -0.2) is 21.6 Å². The van der Waals surface area contributed by atoms with E-state index in [-0.39, 0.29) is 5.92 Å². The molecule has 1 aliphatic carbocycles. The fourth-order valence-corrected chi connectivity index (χ4v) is 2.29. The third-order valence-electron chi connectivity index (χ3n) is 3.58. The molecule has 1 saturated carbocycles. The summed E-state index contributed by atoms with van der Waals surface area (Å²) in [6, 6.07) is 7.52. The number of aromatic nitrogens is 1. The highest BCUT2D eigenvalue weighted by molar-refractivity contribution is 5.88. The number of nitrogens with two attached hydrogens (primary N) is 1. The highest BCUT2D eigenvalue weighted by atomic mass is 16.4. The van der Waals surface area contributed by atoms with Crippen LogP contribution in [0.4, 0.5) is 0 Å². The summed E-state index contributed by atoms with van der Waals surface area (Å²) in [7, 11) is 0. The first kappa shape index (κ1) is 11.9. The van der Waals surface area contributed by atoms with Crippen LogP contribution < -0.4 is 5.73 Å². The lowest BCUT2D eigenvalue weighted by atomic mass is 10.0. The number of hydrogen-bond donors (Lipinski definition) is 2. The van der Waals surface area contributed by atoms with Crippen LogP contribution in [0.5, 0.6) is 0 Å². The molecule has 1 amide bonds. The molecule has 0 saturated heterocycles. The Morgan fingerprint density at radius 3 is 2.63 bits per heavy atom. The van der Waals surface area contributed by atoms with E-state index in [2.05, 4.69) is 4.98 Å². The quantitative estimate of drug-likeness (QED) is 0.869. The Morgan fingerprint density at radius 2 is 2.16 bits per heavy atom. The predicted octanol–water partition coefficient (Wildman–Crippen LogP) is 1.35. The average molecular weight is 258 g/mol. The summed E-state index contributed by atoms with van der Waals surface area (Å²) in [5.74, 6) is 0.456. The zero-order valence-corrected chi connectivity index (χ0v) is 10.5. The minimum absolute atomic E-state index is 0.199. The van der Waals surface area contributed by atoms with Crippen molar-refractivity contribution in [3.63, 3.8) is 0 Å². The molecule has 2 aromatic rings. The van der Waals surface area contributed by atoms with Gasteiger partial charge in [0.2, 0.25) is 5.91 Å². The Labute approximate surface area is 110 Å². The van der Waals surface area contributed by atoms with E-state index >= 15 is 0 Å². The van der Waals surface area contributed by atoms with Gasteiger partial charge in [0.25, 0.3) is 0 Å². The van der Waals surface area contributed by atoms with Crippen molar-refractivity contribution in [3.8, 4) is 11.3 Å². The summed E-state index contributed by atoms with van der Waals surface area (Å²) in [5, 5.41) is 9.91. The van der Waals surface area contributed by atoms with Crippen molar-refractivity contribution in [2.75, 3.05) is 0 Å². The number of carbonyl (C=O) groups is 1. The highest BCUT2D eigenvalue weighted by Gasteiger charge is 2.58. The number of rotatable bonds is 3. The first-order chi connectivity index (χ1) is 9.00. The van der Waals surface area contributed by atoms with Gasteiger partial charge in [-0.2, -0.15) is 0 Å². The molecule has 1 heterocycles. The molecule has 3 rings (SSSR count). The molecular weight excluding hydrogens is 244 g/mol. The molecule has 1 aromatic carbocycles. The Balaban J connectivity index is 1.83. The van der Waals surface area contributed by atoms with Crippen molar-refractivity contribution < 1.29 is 14.3 Å². The number of amides is 1. The topological polar surface area (TPSA) is 89.4 Å². The molecule has 3 N–H and O–H groups in total. The molecule has 1 aliphatic rings. The van der Waals surface area contributed by atoms with Crippen molar-refractivity contribution in [1.82, 2.24) is 4.98 Å². The van der Waals surface area contributed by atoms with Crippen LogP contribution in [0, 0.1) is 6.92 Å². The van der Waals surface area contributed by atoms with Gasteiger partial charge in [0, 0.05) is 18.4 Å². The summed E-state index contributed by atoms with van der Waals surface area (Å²) in [6.45, 7) is 1.79. The van der Waals surface area contributed by atoms with Gasteiger partial charge in [-0.15, -0.1) is 0 Å². The maximum atomic E-state index is 11.1. The number of primary amides is 1. The van der Waals surface area contributed by atoms with E-state index in [9.17, 15) is 9.90 Å². The Kier molecular flexibility index (Phi) is 2.46. The fourth-order valence-electron chi connectivity index (χ4n) is 2.29. The normalized spacial score (nSPS) is 25.3. The second-order valence-corrected chi connectivity index (χ2v) is 4.91. The van der Waals surface area contributed by atoms with Crippen LogP contribution in [0.3, 0.4) is 0 Å². The van der Waals surface area contributed by atoms with Gasteiger partial charge in [0.15, 0.2) is 17.3 Å². The second kappa shape index (κ2) is 3.93. The van der Waals surface area contributed by atoms with Crippen LogP contribution in [-0.2, 0) is 4.79 Å². The number of carbonyl (C=O) groups excluding carboxylic acids is 1. The molecule has 0 bridgehead atoms. The third-order valence-corrected chi connectivity index (χ3v) is 3.58. The Bertz CT molecular complexity index is 632. The van der Waals surface area contributed by atoms with Crippen LogP contribution in [0.15, 0.2) is 34.9 Å². The van der Waals surface area contributed by atoms with E-state index < -0.39 is 11.5 Å². The predicted molar refractivity (Wildman–Crippen MR) is 68.2 cm³/mol. The largest absolute Gasteiger partial charge is 0.441 e. The maximum absolute atomic E-state index is 11.1.